The molecule has 54 valence electrons. The van der Waals surface area contributed by atoms with E-state index in [1.165, 1.54) is 0 Å². The van der Waals surface area contributed by atoms with Crippen LogP contribution in [-0.2, 0) is 4.79 Å². The first-order chi connectivity index (χ1) is 3.89. The van der Waals surface area contributed by atoms with Crippen LogP contribution in [0.15, 0.2) is 0 Å². The molecule has 6 heteroatoms. The third-order valence-corrected chi connectivity index (χ3v) is 1.32. The minimum absolute atomic E-state index is 2.13. The smallest absolute Gasteiger partial charge is 0.361 e. The monoisotopic (exact) mass is 178 g/mol. The maximum Gasteiger partial charge on any atom is 0.361 e. The van der Waals surface area contributed by atoms with Gasteiger partial charge in [0.1, 0.15) is 0 Å². The highest BCUT2D eigenvalue weighted by Gasteiger charge is 2.44. The fraction of sp³-hybridized carbons (Fsp3) is 0.667. The lowest BCUT2D eigenvalue weighted by Crippen LogP contribution is -2.34. The lowest BCUT2D eigenvalue weighted by molar-refractivity contribution is -0.146. The van der Waals surface area contributed by atoms with Gasteiger partial charge < -0.3 is 5.11 Å². The predicted molar refractivity (Wildman–Crippen MR) is 28.1 cm³/mol. The zero-order valence-electron chi connectivity index (χ0n) is 3.94. The van der Waals surface area contributed by atoms with Crippen molar-refractivity contribution in [1.29, 1.82) is 0 Å². The van der Waals surface area contributed by atoms with Gasteiger partial charge in [0, 0.05) is 0 Å². The molecule has 2 unspecified atom stereocenters. The highest BCUT2D eigenvalue weighted by molar-refractivity contribution is 6.38. The number of hydrogen-bond acceptors (Lipinski definition) is 1. The van der Waals surface area contributed by atoms with Crippen LogP contribution in [0.2, 0.25) is 0 Å². The number of carboxylic acids is 1. The number of halogens is 4. The fourth-order valence-electron chi connectivity index (χ4n) is 0.0933. The van der Waals surface area contributed by atoms with Gasteiger partial charge in [-0.2, -0.15) is 0 Å². The molecule has 0 rings (SSSR count). The van der Waals surface area contributed by atoms with E-state index in [0.717, 1.165) is 0 Å². The van der Waals surface area contributed by atoms with Gasteiger partial charge in [-0.15, -0.1) is 0 Å². The van der Waals surface area contributed by atoms with Crippen molar-refractivity contribution in [3.8, 4) is 0 Å². The number of carbonyl (C=O) groups is 1. The normalized spacial score (nSPS) is 20.4. The molecule has 0 spiro atoms. The van der Waals surface area contributed by atoms with Crippen LogP contribution in [0.4, 0.5) is 8.78 Å². The van der Waals surface area contributed by atoms with Crippen molar-refractivity contribution in [3.63, 3.8) is 0 Å². The largest absolute Gasteiger partial charge is 0.478 e. The van der Waals surface area contributed by atoms with E-state index in [1.54, 1.807) is 0 Å². The minimum Gasteiger partial charge on any atom is -0.478 e. The van der Waals surface area contributed by atoms with Crippen LogP contribution < -0.4 is 0 Å². The third kappa shape index (κ3) is 1.95. The number of alkyl halides is 4. The highest BCUT2D eigenvalue weighted by Crippen LogP contribution is 2.27. The van der Waals surface area contributed by atoms with Crippen LogP contribution in [0.1, 0.15) is 0 Å². The summed E-state index contributed by atoms with van der Waals surface area (Å²) in [5.41, 5.74) is -2.74. The van der Waals surface area contributed by atoms with Gasteiger partial charge in [-0.3, -0.25) is 0 Å². The number of carboxylic acid groups (broad SMARTS) is 1. The van der Waals surface area contributed by atoms with E-state index >= 15 is 0 Å². The molecule has 0 radical (unpaired) electrons. The van der Waals surface area contributed by atoms with E-state index in [9.17, 15) is 13.6 Å². The Balaban J connectivity index is 4.19. The fourth-order valence-corrected chi connectivity index (χ4v) is 0.187. The molecule has 0 saturated carbocycles. The van der Waals surface area contributed by atoms with Gasteiger partial charge in [-0.05, 0) is 0 Å². The minimum atomic E-state index is -3.51. The molecular formula is C3H2Cl2F2O2. The summed E-state index contributed by atoms with van der Waals surface area (Å²) in [7, 11) is 0. The Morgan fingerprint density at radius 2 is 2.11 bits per heavy atom. The predicted octanol–water partition coefficient (Wildman–Crippen LogP) is 1.51. The van der Waals surface area contributed by atoms with Crippen molar-refractivity contribution in [2.75, 3.05) is 0 Å². The van der Waals surface area contributed by atoms with E-state index in [1.807, 2.05) is 0 Å². The van der Waals surface area contributed by atoms with Crippen molar-refractivity contribution in [2.24, 2.45) is 0 Å². The molecule has 9 heavy (non-hydrogen) atoms. The Morgan fingerprint density at radius 3 is 2.11 bits per heavy atom. The SMILES string of the molecule is O=C(O)C(F)(Cl)C(F)Cl. The third-order valence-electron chi connectivity index (χ3n) is 0.559. The molecule has 0 amide bonds. The lowest BCUT2D eigenvalue weighted by atomic mass is 10.4. The summed E-state index contributed by atoms with van der Waals surface area (Å²) in [6.07, 6.45) is 0. The van der Waals surface area contributed by atoms with E-state index in [4.69, 9.17) is 5.11 Å². The quantitative estimate of drug-likeness (QED) is 0.652. The second kappa shape index (κ2) is 2.66. The van der Waals surface area contributed by atoms with E-state index < -0.39 is 16.7 Å². The van der Waals surface area contributed by atoms with Gasteiger partial charge in [-0.25, -0.2) is 13.6 Å². The summed E-state index contributed by atoms with van der Waals surface area (Å²) in [5, 5.41) is 4.27. The summed E-state index contributed by atoms with van der Waals surface area (Å²) in [4.78, 5) is 9.63. The van der Waals surface area contributed by atoms with Crippen LogP contribution in [0.3, 0.4) is 0 Å². The van der Waals surface area contributed by atoms with Crippen molar-refractivity contribution in [3.05, 3.63) is 0 Å². The summed E-state index contributed by atoms with van der Waals surface area (Å²) < 4.78 is 23.6. The Morgan fingerprint density at radius 1 is 1.78 bits per heavy atom. The maximum atomic E-state index is 12.0. The van der Waals surface area contributed by atoms with Gasteiger partial charge in [0.15, 0.2) is 0 Å². The molecule has 0 aliphatic carbocycles. The highest BCUT2D eigenvalue weighted by atomic mass is 35.5. The molecule has 0 aromatic rings. The molecule has 0 bridgehead atoms. The first-order valence-corrected chi connectivity index (χ1v) is 2.60. The standard InChI is InChI=1S/C3H2Cl2F2O2/c4-1(6)3(5,7)2(8)9/h1H,(H,8,9). The van der Waals surface area contributed by atoms with E-state index in [0.29, 0.717) is 0 Å². The van der Waals surface area contributed by atoms with Crippen LogP contribution in [0.25, 0.3) is 0 Å². The number of aliphatic carboxylic acids is 1. The molecular weight excluding hydrogens is 177 g/mol. The molecule has 2 nitrogen and oxygen atoms in total. The number of rotatable bonds is 2. The summed E-state index contributed by atoms with van der Waals surface area (Å²) in [6, 6.07) is 0. The van der Waals surface area contributed by atoms with Crippen molar-refractivity contribution in [1.82, 2.24) is 0 Å². The molecule has 2 atom stereocenters. The van der Waals surface area contributed by atoms with Gasteiger partial charge in [0.05, 0.1) is 0 Å². The molecule has 0 saturated heterocycles. The molecule has 0 fully saturated rings. The molecule has 0 heterocycles. The van der Waals surface area contributed by atoms with Gasteiger partial charge in [0.2, 0.25) is 5.63 Å². The van der Waals surface area contributed by atoms with E-state index in [-0.39, 0.29) is 0 Å². The zero-order chi connectivity index (χ0) is 7.65. The molecule has 0 aliphatic heterocycles. The Hall–Kier alpha value is -0.0900. The maximum absolute atomic E-state index is 12.0. The summed E-state index contributed by atoms with van der Waals surface area (Å²) in [5.74, 6) is -2.13. The summed E-state index contributed by atoms with van der Waals surface area (Å²) in [6.45, 7) is 0. The first-order valence-electron chi connectivity index (χ1n) is 1.78. The van der Waals surface area contributed by atoms with Crippen LogP contribution >= 0.6 is 23.2 Å². The Bertz CT molecular complexity index is 125. The van der Waals surface area contributed by atoms with E-state index in [2.05, 4.69) is 23.2 Å². The lowest BCUT2D eigenvalue weighted by Gasteiger charge is -2.10. The molecule has 0 aromatic carbocycles. The first kappa shape index (κ1) is 8.91. The average Bonchev–Trinajstić information content (AvgIpc) is 1.65. The second-order valence-electron chi connectivity index (χ2n) is 1.23. The summed E-state index contributed by atoms with van der Waals surface area (Å²) >= 11 is 8.84. The van der Waals surface area contributed by atoms with Crippen molar-refractivity contribution < 1.29 is 18.7 Å². The average molecular weight is 179 g/mol. The van der Waals surface area contributed by atoms with Gasteiger partial charge in [0.25, 0.3) is 0 Å². The molecule has 0 aliphatic rings. The van der Waals surface area contributed by atoms with Crippen LogP contribution in [0, 0.1) is 0 Å². The Labute approximate surface area is 59.4 Å². The van der Waals surface area contributed by atoms with Crippen LogP contribution in [-0.4, -0.2) is 21.8 Å². The Kier molecular flexibility index (Phi) is 2.64. The van der Waals surface area contributed by atoms with Gasteiger partial charge in [-0.1, -0.05) is 23.2 Å². The number of hydrogen-bond donors (Lipinski definition) is 1. The second-order valence-corrected chi connectivity index (χ2v) is 2.16. The van der Waals surface area contributed by atoms with Gasteiger partial charge >= 0.3 is 11.1 Å². The van der Waals surface area contributed by atoms with Crippen molar-refractivity contribution >= 4 is 29.2 Å². The van der Waals surface area contributed by atoms with Crippen molar-refractivity contribution in [2.45, 2.75) is 10.8 Å². The molecule has 1 N–H and O–H groups in total. The zero-order valence-corrected chi connectivity index (χ0v) is 5.46. The topological polar surface area (TPSA) is 37.3 Å². The molecule has 0 aromatic heterocycles. The van der Waals surface area contributed by atoms with Crippen LogP contribution in [0.5, 0.6) is 0 Å².